The predicted octanol–water partition coefficient (Wildman–Crippen LogP) is 5.69. The second kappa shape index (κ2) is 9.14. The van der Waals surface area contributed by atoms with Crippen LogP contribution in [0.4, 0.5) is 22.7 Å². The van der Waals surface area contributed by atoms with Crippen molar-refractivity contribution in [3.05, 3.63) is 121 Å². The lowest BCUT2D eigenvalue weighted by Gasteiger charge is -2.44. The molecule has 0 aromatic heterocycles. The minimum atomic E-state index is 0.160. The summed E-state index contributed by atoms with van der Waals surface area (Å²) in [5.41, 5.74) is 5.11. The van der Waals surface area contributed by atoms with Crippen molar-refractivity contribution in [2.45, 2.75) is 12.3 Å². The fourth-order valence-corrected chi connectivity index (χ4v) is 5.55. The van der Waals surface area contributed by atoms with Crippen molar-refractivity contribution >= 4 is 22.7 Å². The third-order valence-electron chi connectivity index (χ3n) is 7.06. The summed E-state index contributed by atoms with van der Waals surface area (Å²) in [6.45, 7) is 3.97. The van der Waals surface area contributed by atoms with Gasteiger partial charge in [0.05, 0.1) is 0 Å². The number of benzene rings is 4. The molecule has 2 aliphatic heterocycles. The molecule has 0 saturated carbocycles. The van der Waals surface area contributed by atoms with E-state index in [9.17, 15) is 0 Å². The zero-order valence-corrected chi connectivity index (χ0v) is 19.3. The van der Waals surface area contributed by atoms with Gasteiger partial charge in [0.15, 0.2) is 0 Å². The lowest BCUT2D eigenvalue weighted by atomic mass is 10.1. The standard InChI is InChI=1S/C30H30N4/c1-5-13-25(14-6-1)31-21-22-32(26-15-7-2-8-16-26)29(31)30-33(27-17-9-3-10-18-27)23-24-34(30)28-19-11-4-12-20-28/h1-20,29-30H,21-24H2. The summed E-state index contributed by atoms with van der Waals surface area (Å²) in [7, 11) is 0. The summed E-state index contributed by atoms with van der Waals surface area (Å²) in [6, 6.07) is 43.6. The molecule has 6 rings (SSSR count). The molecule has 0 spiro atoms. The lowest BCUT2D eigenvalue weighted by molar-refractivity contribution is 0.524. The second-order valence-electron chi connectivity index (χ2n) is 8.94. The Morgan fingerprint density at radius 1 is 0.324 bits per heavy atom. The van der Waals surface area contributed by atoms with E-state index in [-0.39, 0.29) is 12.3 Å². The minimum Gasteiger partial charge on any atom is -0.346 e. The highest BCUT2D eigenvalue weighted by Gasteiger charge is 2.46. The molecule has 2 aliphatic rings. The first-order valence-corrected chi connectivity index (χ1v) is 12.2. The molecular formula is C30H30N4. The fraction of sp³-hybridized carbons (Fsp3) is 0.200. The normalized spacial score (nSPS) is 17.1. The van der Waals surface area contributed by atoms with Gasteiger partial charge in [-0.2, -0.15) is 0 Å². The van der Waals surface area contributed by atoms with Crippen LogP contribution in [0.25, 0.3) is 0 Å². The van der Waals surface area contributed by atoms with Gasteiger partial charge in [-0.1, -0.05) is 72.8 Å². The van der Waals surface area contributed by atoms with E-state index in [0.29, 0.717) is 0 Å². The van der Waals surface area contributed by atoms with Gasteiger partial charge in [-0.25, -0.2) is 0 Å². The maximum absolute atomic E-state index is 2.59. The largest absolute Gasteiger partial charge is 0.346 e. The number of hydrogen-bond acceptors (Lipinski definition) is 4. The first kappa shape index (κ1) is 20.7. The van der Waals surface area contributed by atoms with Crippen LogP contribution in [0, 0.1) is 0 Å². The minimum absolute atomic E-state index is 0.160. The molecule has 0 amide bonds. The van der Waals surface area contributed by atoms with E-state index in [2.05, 4.69) is 141 Å². The zero-order chi connectivity index (χ0) is 22.7. The summed E-state index contributed by atoms with van der Waals surface area (Å²) in [5.74, 6) is 0. The van der Waals surface area contributed by atoms with E-state index in [4.69, 9.17) is 0 Å². The number of nitrogens with zero attached hydrogens (tertiary/aromatic N) is 4. The number of para-hydroxylation sites is 4. The molecule has 170 valence electrons. The molecule has 0 unspecified atom stereocenters. The van der Waals surface area contributed by atoms with Crippen LogP contribution in [-0.2, 0) is 0 Å². The number of anilines is 4. The Morgan fingerprint density at radius 3 is 0.735 bits per heavy atom. The van der Waals surface area contributed by atoms with Gasteiger partial charge in [-0.3, -0.25) is 0 Å². The van der Waals surface area contributed by atoms with Crippen molar-refractivity contribution in [3.63, 3.8) is 0 Å². The molecule has 34 heavy (non-hydrogen) atoms. The van der Waals surface area contributed by atoms with E-state index < -0.39 is 0 Å². The summed E-state index contributed by atoms with van der Waals surface area (Å²) >= 11 is 0. The molecule has 0 bridgehead atoms. The molecular weight excluding hydrogens is 416 g/mol. The van der Waals surface area contributed by atoms with Gasteiger partial charge in [-0.15, -0.1) is 0 Å². The van der Waals surface area contributed by atoms with E-state index in [0.717, 1.165) is 26.2 Å². The molecule has 0 radical (unpaired) electrons. The quantitative estimate of drug-likeness (QED) is 0.390. The Hall–Kier alpha value is -3.92. The molecule has 0 atom stereocenters. The highest BCUT2D eigenvalue weighted by Crippen LogP contribution is 2.38. The van der Waals surface area contributed by atoms with Gasteiger partial charge >= 0.3 is 0 Å². The first-order chi connectivity index (χ1) is 16.9. The topological polar surface area (TPSA) is 13.0 Å². The summed E-state index contributed by atoms with van der Waals surface area (Å²) < 4.78 is 0. The van der Waals surface area contributed by atoms with Crippen molar-refractivity contribution < 1.29 is 0 Å². The van der Waals surface area contributed by atoms with Crippen molar-refractivity contribution in [1.29, 1.82) is 0 Å². The molecule has 2 fully saturated rings. The van der Waals surface area contributed by atoms with Crippen LogP contribution in [0.1, 0.15) is 0 Å². The number of rotatable bonds is 5. The molecule has 4 nitrogen and oxygen atoms in total. The lowest BCUT2D eigenvalue weighted by Crippen LogP contribution is -2.59. The van der Waals surface area contributed by atoms with Crippen LogP contribution in [0.3, 0.4) is 0 Å². The smallest absolute Gasteiger partial charge is 0.142 e. The van der Waals surface area contributed by atoms with Crippen LogP contribution in [0.2, 0.25) is 0 Å². The van der Waals surface area contributed by atoms with E-state index in [1.54, 1.807) is 0 Å². The second-order valence-corrected chi connectivity index (χ2v) is 8.94. The highest BCUT2D eigenvalue weighted by atomic mass is 15.5. The van der Waals surface area contributed by atoms with Crippen LogP contribution in [-0.4, -0.2) is 38.5 Å². The van der Waals surface area contributed by atoms with E-state index in [1.807, 2.05) is 0 Å². The predicted molar refractivity (Wildman–Crippen MR) is 143 cm³/mol. The maximum atomic E-state index is 2.59. The Kier molecular flexibility index (Phi) is 5.56. The van der Waals surface area contributed by atoms with Gasteiger partial charge in [0.1, 0.15) is 12.3 Å². The summed E-state index contributed by atoms with van der Waals surface area (Å²) in [6.07, 6.45) is 0.320. The maximum Gasteiger partial charge on any atom is 0.142 e. The van der Waals surface area contributed by atoms with Crippen LogP contribution in [0.15, 0.2) is 121 Å². The SMILES string of the molecule is c1ccc(N2CCN(c3ccccc3)C2C2N(c3ccccc3)CCN2c2ccccc2)cc1. The molecule has 0 aliphatic carbocycles. The number of hydrogen-bond donors (Lipinski definition) is 0. The molecule has 4 aromatic carbocycles. The third-order valence-corrected chi connectivity index (χ3v) is 7.06. The summed E-state index contributed by atoms with van der Waals surface area (Å²) in [5, 5.41) is 0. The molecule has 0 N–H and O–H groups in total. The van der Waals surface area contributed by atoms with Gasteiger partial charge in [0, 0.05) is 48.9 Å². The average molecular weight is 447 g/mol. The average Bonchev–Trinajstić information content (AvgIpc) is 3.55. The first-order valence-electron chi connectivity index (χ1n) is 12.2. The Bertz CT molecular complexity index is 992. The molecule has 2 saturated heterocycles. The third kappa shape index (κ3) is 3.75. The monoisotopic (exact) mass is 446 g/mol. The molecule has 4 aromatic rings. The highest BCUT2D eigenvalue weighted by molar-refractivity contribution is 5.64. The van der Waals surface area contributed by atoms with Crippen LogP contribution >= 0.6 is 0 Å². The van der Waals surface area contributed by atoms with Gasteiger partial charge in [0.25, 0.3) is 0 Å². The van der Waals surface area contributed by atoms with Crippen molar-refractivity contribution in [2.24, 2.45) is 0 Å². The van der Waals surface area contributed by atoms with Gasteiger partial charge in [-0.05, 0) is 48.5 Å². The van der Waals surface area contributed by atoms with E-state index in [1.165, 1.54) is 22.7 Å². The van der Waals surface area contributed by atoms with E-state index >= 15 is 0 Å². The van der Waals surface area contributed by atoms with Gasteiger partial charge < -0.3 is 19.6 Å². The van der Waals surface area contributed by atoms with Crippen LogP contribution < -0.4 is 19.6 Å². The van der Waals surface area contributed by atoms with Gasteiger partial charge in [0.2, 0.25) is 0 Å². The fourth-order valence-electron chi connectivity index (χ4n) is 5.55. The molecule has 2 heterocycles. The Morgan fingerprint density at radius 2 is 0.529 bits per heavy atom. The zero-order valence-electron chi connectivity index (χ0n) is 19.3. The Labute approximate surface area is 202 Å². The van der Waals surface area contributed by atoms with Crippen molar-refractivity contribution in [2.75, 3.05) is 45.8 Å². The van der Waals surface area contributed by atoms with Crippen LogP contribution in [0.5, 0.6) is 0 Å². The molecule has 4 heteroatoms. The Balaban J connectivity index is 1.49. The van der Waals surface area contributed by atoms with Crippen molar-refractivity contribution in [1.82, 2.24) is 0 Å². The van der Waals surface area contributed by atoms with Crippen molar-refractivity contribution in [3.8, 4) is 0 Å². The summed E-state index contributed by atoms with van der Waals surface area (Å²) in [4.78, 5) is 10.4.